The standard InChI is InChI=1S/C13H10O3S/c1-8(14)7-17-12-6-11(15)13(16)10-5-3-2-4-9(10)12/h2-6,14H,1,7H2. The molecule has 0 amide bonds. The van der Waals surface area contributed by atoms with Gasteiger partial charge in [-0.3, -0.25) is 9.59 Å². The Balaban J connectivity index is 2.39. The first-order valence-corrected chi connectivity index (χ1v) is 5.97. The van der Waals surface area contributed by atoms with Crippen LogP contribution in [-0.4, -0.2) is 22.4 Å². The first kappa shape index (κ1) is 11.7. The predicted molar refractivity (Wildman–Crippen MR) is 68.0 cm³/mol. The van der Waals surface area contributed by atoms with E-state index in [-0.39, 0.29) is 5.76 Å². The van der Waals surface area contributed by atoms with Crippen LogP contribution in [-0.2, 0) is 4.79 Å². The highest BCUT2D eigenvalue weighted by Gasteiger charge is 2.25. The summed E-state index contributed by atoms with van der Waals surface area (Å²) in [7, 11) is 0. The largest absolute Gasteiger partial charge is 0.512 e. The fraction of sp³-hybridized carbons (Fsp3) is 0.0769. The molecule has 0 spiro atoms. The number of rotatable bonds is 3. The topological polar surface area (TPSA) is 54.4 Å². The molecular formula is C13H10O3S. The molecule has 0 fully saturated rings. The number of Topliss-reactive ketones (excluding diaryl/α,β-unsaturated/α-hetero) is 1. The lowest BCUT2D eigenvalue weighted by molar-refractivity contribution is -0.110. The Morgan fingerprint density at radius 3 is 2.53 bits per heavy atom. The maximum Gasteiger partial charge on any atom is 0.233 e. The lowest BCUT2D eigenvalue weighted by Crippen LogP contribution is -2.17. The zero-order valence-corrected chi connectivity index (χ0v) is 9.79. The molecule has 1 aromatic carbocycles. The summed E-state index contributed by atoms with van der Waals surface area (Å²) < 4.78 is 0. The highest BCUT2D eigenvalue weighted by Crippen LogP contribution is 2.34. The van der Waals surface area contributed by atoms with E-state index in [1.807, 2.05) is 6.07 Å². The Labute approximate surface area is 103 Å². The van der Waals surface area contributed by atoms with Crippen LogP contribution in [0, 0.1) is 0 Å². The number of carbonyl (C=O) groups is 2. The molecule has 0 saturated carbocycles. The second-order valence-corrected chi connectivity index (χ2v) is 4.62. The van der Waals surface area contributed by atoms with Gasteiger partial charge in [0, 0.05) is 16.5 Å². The van der Waals surface area contributed by atoms with Crippen LogP contribution in [0.3, 0.4) is 0 Å². The molecule has 0 saturated heterocycles. The van der Waals surface area contributed by atoms with Gasteiger partial charge >= 0.3 is 0 Å². The number of benzene rings is 1. The van der Waals surface area contributed by atoms with Gasteiger partial charge < -0.3 is 5.11 Å². The van der Waals surface area contributed by atoms with Gasteiger partial charge in [0.05, 0.1) is 11.5 Å². The Morgan fingerprint density at radius 2 is 1.88 bits per heavy atom. The molecule has 2 rings (SSSR count). The number of fused-ring (bicyclic) bond motifs is 1. The van der Waals surface area contributed by atoms with Crippen molar-refractivity contribution in [2.24, 2.45) is 0 Å². The third-order valence-corrected chi connectivity index (χ3v) is 3.44. The highest BCUT2D eigenvalue weighted by molar-refractivity contribution is 8.08. The molecule has 1 aliphatic carbocycles. The molecule has 0 radical (unpaired) electrons. The van der Waals surface area contributed by atoms with Crippen LogP contribution in [0.4, 0.5) is 0 Å². The van der Waals surface area contributed by atoms with E-state index in [9.17, 15) is 9.59 Å². The number of aliphatic hydroxyl groups excluding tert-OH is 1. The lowest BCUT2D eigenvalue weighted by Gasteiger charge is -2.15. The molecule has 0 aromatic heterocycles. The molecule has 0 heterocycles. The summed E-state index contributed by atoms with van der Waals surface area (Å²) in [5.41, 5.74) is 1.16. The molecule has 17 heavy (non-hydrogen) atoms. The fourth-order valence-electron chi connectivity index (χ4n) is 1.57. The van der Waals surface area contributed by atoms with Crippen LogP contribution < -0.4 is 0 Å². The van der Waals surface area contributed by atoms with Crippen LogP contribution in [0.15, 0.2) is 42.7 Å². The van der Waals surface area contributed by atoms with Gasteiger partial charge in [0.2, 0.25) is 11.6 Å². The molecule has 1 aromatic rings. The van der Waals surface area contributed by atoms with E-state index in [2.05, 4.69) is 6.58 Å². The number of carbonyl (C=O) groups excluding carboxylic acids is 2. The predicted octanol–water partition coefficient (Wildman–Crippen LogP) is 2.60. The van der Waals surface area contributed by atoms with Crippen LogP contribution in [0.25, 0.3) is 4.91 Å². The minimum absolute atomic E-state index is 0.0396. The van der Waals surface area contributed by atoms with Gasteiger partial charge in [-0.2, -0.15) is 0 Å². The maximum atomic E-state index is 11.6. The van der Waals surface area contributed by atoms with Crippen molar-refractivity contribution < 1.29 is 14.7 Å². The number of thioether (sulfide) groups is 1. The fourth-order valence-corrected chi connectivity index (χ4v) is 2.42. The van der Waals surface area contributed by atoms with Gasteiger partial charge in [0.15, 0.2) is 0 Å². The average Bonchev–Trinajstić information content (AvgIpc) is 2.32. The summed E-state index contributed by atoms with van der Waals surface area (Å²) in [6.45, 7) is 3.39. The Kier molecular flexibility index (Phi) is 3.15. The van der Waals surface area contributed by atoms with Crippen molar-refractivity contribution >= 4 is 28.2 Å². The second kappa shape index (κ2) is 4.59. The number of aliphatic hydroxyl groups is 1. The lowest BCUT2D eigenvalue weighted by atomic mass is 9.95. The zero-order chi connectivity index (χ0) is 12.4. The number of ketones is 2. The van der Waals surface area contributed by atoms with E-state index >= 15 is 0 Å². The van der Waals surface area contributed by atoms with Crippen LogP contribution in [0.1, 0.15) is 15.9 Å². The van der Waals surface area contributed by atoms with E-state index in [0.717, 1.165) is 5.56 Å². The van der Waals surface area contributed by atoms with Gasteiger partial charge in [-0.05, 0) is 5.56 Å². The minimum atomic E-state index is -0.519. The molecule has 1 N–H and O–H groups in total. The molecule has 0 aliphatic heterocycles. The quantitative estimate of drug-likeness (QED) is 0.658. The SMILES string of the molecule is C=C(O)CSC1=CC(=O)C(=O)c2ccccc21. The van der Waals surface area contributed by atoms with E-state index < -0.39 is 11.6 Å². The molecular weight excluding hydrogens is 236 g/mol. The van der Waals surface area contributed by atoms with Gasteiger partial charge in [0.25, 0.3) is 0 Å². The van der Waals surface area contributed by atoms with Gasteiger partial charge in [-0.15, -0.1) is 11.8 Å². The van der Waals surface area contributed by atoms with Crippen LogP contribution in [0.2, 0.25) is 0 Å². The van der Waals surface area contributed by atoms with Crippen LogP contribution in [0.5, 0.6) is 0 Å². The van der Waals surface area contributed by atoms with E-state index in [0.29, 0.717) is 16.2 Å². The van der Waals surface area contributed by atoms with Crippen molar-refractivity contribution in [2.45, 2.75) is 0 Å². The van der Waals surface area contributed by atoms with Crippen molar-refractivity contribution in [1.29, 1.82) is 0 Å². The zero-order valence-electron chi connectivity index (χ0n) is 8.97. The summed E-state index contributed by atoms with van der Waals surface area (Å²) in [6.07, 6.45) is 1.32. The van der Waals surface area contributed by atoms with Crippen molar-refractivity contribution in [2.75, 3.05) is 5.75 Å². The Morgan fingerprint density at radius 1 is 1.24 bits per heavy atom. The first-order valence-electron chi connectivity index (χ1n) is 4.99. The molecule has 0 atom stereocenters. The van der Waals surface area contributed by atoms with Crippen molar-refractivity contribution in [3.8, 4) is 0 Å². The van der Waals surface area contributed by atoms with Crippen LogP contribution >= 0.6 is 11.8 Å². The number of hydrogen-bond donors (Lipinski definition) is 1. The third-order valence-electron chi connectivity index (χ3n) is 2.32. The summed E-state index contributed by atoms with van der Waals surface area (Å²) in [6, 6.07) is 6.96. The monoisotopic (exact) mass is 246 g/mol. The van der Waals surface area contributed by atoms with Gasteiger partial charge in [-0.25, -0.2) is 0 Å². The smallest absolute Gasteiger partial charge is 0.233 e. The third kappa shape index (κ3) is 2.31. The van der Waals surface area contributed by atoms with E-state index in [1.54, 1.807) is 18.2 Å². The highest BCUT2D eigenvalue weighted by atomic mass is 32.2. The summed E-state index contributed by atoms with van der Waals surface area (Å²) >= 11 is 1.29. The second-order valence-electron chi connectivity index (χ2n) is 3.60. The Hall–Kier alpha value is -1.81. The molecule has 0 bridgehead atoms. The summed E-state index contributed by atoms with van der Waals surface area (Å²) in [5.74, 6) is -0.651. The Bertz CT molecular complexity index is 543. The number of hydrogen-bond acceptors (Lipinski definition) is 4. The van der Waals surface area contributed by atoms with Crippen molar-refractivity contribution in [3.05, 3.63) is 53.8 Å². The van der Waals surface area contributed by atoms with Gasteiger partial charge in [-0.1, -0.05) is 30.8 Å². The molecule has 86 valence electrons. The van der Waals surface area contributed by atoms with E-state index in [1.165, 1.54) is 17.8 Å². The maximum absolute atomic E-state index is 11.6. The summed E-state index contributed by atoms with van der Waals surface area (Å²) in [4.78, 5) is 23.8. The number of allylic oxidation sites excluding steroid dienone is 1. The minimum Gasteiger partial charge on any atom is -0.512 e. The molecule has 4 heteroatoms. The normalized spacial score (nSPS) is 14.2. The average molecular weight is 246 g/mol. The van der Waals surface area contributed by atoms with E-state index in [4.69, 9.17) is 5.11 Å². The summed E-state index contributed by atoms with van der Waals surface area (Å²) in [5, 5.41) is 9.05. The molecule has 0 unspecified atom stereocenters. The molecule has 3 nitrogen and oxygen atoms in total. The van der Waals surface area contributed by atoms with Crippen molar-refractivity contribution in [3.63, 3.8) is 0 Å². The van der Waals surface area contributed by atoms with Crippen molar-refractivity contribution in [1.82, 2.24) is 0 Å². The first-order chi connectivity index (χ1) is 8.09. The van der Waals surface area contributed by atoms with Gasteiger partial charge in [0.1, 0.15) is 0 Å². The molecule has 1 aliphatic rings.